The minimum Gasteiger partial charge on any atom is -0.480 e. The van der Waals surface area contributed by atoms with Crippen LogP contribution in [0.5, 0.6) is 0 Å². The highest BCUT2D eigenvalue weighted by Gasteiger charge is 2.24. The van der Waals surface area contributed by atoms with Crippen molar-refractivity contribution in [2.45, 2.75) is 18.9 Å². The predicted octanol–water partition coefficient (Wildman–Crippen LogP) is 1.51. The van der Waals surface area contributed by atoms with Gasteiger partial charge in [-0.25, -0.2) is 0 Å². The number of carbonyl (C=O) groups is 2. The molecule has 1 amide bonds. The van der Waals surface area contributed by atoms with Crippen molar-refractivity contribution in [3.8, 4) is 0 Å². The van der Waals surface area contributed by atoms with Crippen molar-refractivity contribution in [2.75, 3.05) is 18.0 Å². The van der Waals surface area contributed by atoms with Crippen LogP contribution in [0.1, 0.15) is 12.8 Å². The van der Waals surface area contributed by atoms with Crippen LogP contribution >= 0.6 is 11.6 Å². The summed E-state index contributed by atoms with van der Waals surface area (Å²) in [7, 11) is 0. The lowest BCUT2D eigenvalue weighted by Gasteiger charge is -2.22. The molecule has 1 aliphatic rings. The highest BCUT2D eigenvalue weighted by molar-refractivity contribution is 6.30. The van der Waals surface area contributed by atoms with Gasteiger partial charge in [0, 0.05) is 16.8 Å². The number of carboxylic acid groups (broad SMARTS) is 1. The van der Waals surface area contributed by atoms with Gasteiger partial charge in [-0.05, 0) is 31.0 Å². The van der Waals surface area contributed by atoms with Gasteiger partial charge in [0.1, 0.15) is 6.54 Å². The van der Waals surface area contributed by atoms with E-state index >= 15 is 0 Å². The smallest absolute Gasteiger partial charge is 0.323 e. The van der Waals surface area contributed by atoms with Gasteiger partial charge in [0.25, 0.3) is 0 Å². The normalized spacial score (nSPS) is 13.9. The first-order valence-electron chi connectivity index (χ1n) is 6.06. The topological polar surface area (TPSA) is 69.6 Å². The number of nitrogens with zero attached hydrogens (tertiary/aromatic N) is 1. The van der Waals surface area contributed by atoms with Crippen molar-refractivity contribution in [3.05, 3.63) is 29.3 Å². The number of nitrogens with one attached hydrogen (secondary N) is 1. The zero-order chi connectivity index (χ0) is 13.8. The van der Waals surface area contributed by atoms with Crippen LogP contribution in [0, 0.1) is 0 Å². The molecule has 0 spiro atoms. The number of hydrogen-bond donors (Lipinski definition) is 2. The summed E-state index contributed by atoms with van der Waals surface area (Å²) in [6.07, 6.45) is 2.00. The van der Waals surface area contributed by atoms with Crippen molar-refractivity contribution < 1.29 is 14.7 Å². The Morgan fingerprint density at radius 2 is 2.11 bits per heavy atom. The largest absolute Gasteiger partial charge is 0.480 e. The summed E-state index contributed by atoms with van der Waals surface area (Å²) in [5.41, 5.74) is 0.626. The maximum Gasteiger partial charge on any atom is 0.323 e. The Labute approximate surface area is 116 Å². The molecule has 2 N–H and O–H groups in total. The molecule has 0 saturated heterocycles. The molecular weight excluding hydrogens is 268 g/mol. The number of benzene rings is 1. The number of anilines is 1. The summed E-state index contributed by atoms with van der Waals surface area (Å²) in [5.74, 6) is -1.15. The highest BCUT2D eigenvalue weighted by Crippen LogP contribution is 2.20. The lowest BCUT2D eigenvalue weighted by atomic mass is 10.2. The van der Waals surface area contributed by atoms with E-state index < -0.39 is 5.97 Å². The maximum absolute atomic E-state index is 11.8. The van der Waals surface area contributed by atoms with Gasteiger partial charge >= 0.3 is 5.97 Å². The summed E-state index contributed by atoms with van der Waals surface area (Å²) >= 11 is 5.88. The minimum absolute atomic E-state index is 0.0170. The fraction of sp³-hybridized carbons (Fsp3) is 0.385. The third-order valence-electron chi connectivity index (χ3n) is 2.78. The Kier molecular flexibility index (Phi) is 4.27. The van der Waals surface area contributed by atoms with Gasteiger partial charge in [-0.2, -0.15) is 0 Å². The third kappa shape index (κ3) is 4.44. The zero-order valence-electron chi connectivity index (χ0n) is 10.3. The molecule has 19 heavy (non-hydrogen) atoms. The molecule has 0 aliphatic heterocycles. The van der Waals surface area contributed by atoms with E-state index in [1.807, 2.05) is 0 Å². The number of hydrogen-bond acceptors (Lipinski definition) is 3. The van der Waals surface area contributed by atoms with Crippen molar-refractivity contribution in [3.63, 3.8) is 0 Å². The average molecular weight is 283 g/mol. The number of halogens is 1. The molecule has 0 aromatic heterocycles. The number of aliphatic carboxylic acids is 1. The van der Waals surface area contributed by atoms with E-state index in [0.29, 0.717) is 10.7 Å². The van der Waals surface area contributed by atoms with Gasteiger partial charge in [-0.3, -0.25) is 9.59 Å². The third-order valence-corrected chi connectivity index (χ3v) is 3.01. The van der Waals surface area contributed by atoms with E-state index in [1.54, 1.807) is 24.3 Å². The van der Waals surface area contributed by atoms with E-state index in [-0.39, 0.29) is 25.0 Å². The van der Waals surface area contributed by atoms with Crippen LogP contribution in [0.15, 0.2) is 24.3 Å². The molecular formula is C13H15ClN2O3. The standard InChI is InChI=1S/C13H15ClN2O3/c14-9-2-1-3-11(6-9)16(8-13(18)19)7-12(17)15-10-4-5-10/h1-3,6,10H,4-5,7-8H2,(H,15,17)(H,18,19). The van der Waals surface area contributed by atoms with Crippen LogP contribution in [0.3, 0.4) is 0 Å². The molecule has 0 unspecified atom stereocenters. The monoisotopic (exact) mass is 282 g/mol. The SMILES string of the molecule is O=C(O)CN(CC(=O)NC1CC1)c1cccc(Cl)c1. The van der Waals surface area contributed by atoms with Crippen LogP contribution in [0.4, 0.5) is 5.69 Å². The van der Waals surface area contributed by atoms with E-state index in [0.717, 1.165) is 12.8 Å². The minimum atomic E-state index is -0.987. The number of carbonyl (C=O) groups excluding carboxylic acids is 1. The summed E-state index contributed by atoms with van der Waals surface area (Å²) in [6.45, 7) is -0.221. The molecule has 0 radical (unpaired) electrons. The molecule has 1 aromatic rings. The zero-order valence-corrected chi connectivity index (χ0v) is 11.1. The molecule has 1 saturated carbocycles. The molecule has 1 aromatic carbocycles. The lowest BCUT2D eigenvalue weighted by Crippen LogP contribution is -2.40. The van der Waals surface area contributed by atoms with Crippen LogP contribution in [-0.2, 0) is 9.59 Å². The predicted molar refractivity (Wildman–Crippen MR) is 72.5 cm³/mol. The number of amides is 1. The number of carboxylic acids is 1. The summed E-state index contributed by atoms with van der Waals surface area (Å²) < 4.78 is 0. The summed E-state index contributed by atoms with van der Waals surface area (Å²) in [4.78, 5) is 24.1. The molecule has 1 fully saturated rings. The van der Waals surface area contributed by atoms with Crippen molar-refractivity contribution >= 4 is 29.2 Å². The Morgan fingerprint density at radius 3 is 2.68 bits per heavy atom. The maximum atomic E-state index is 11.8. The van der Waals surface area contributed by atoms with Crippen molar-refractivity contribution in [2.24, 2.45) is 0 Å². The fourth-order valence-electron chi connectivity index (χ4n) is 1.75. The van der Waals surface area contributed by atoms with Crippen LogP contribution < -0.4 is 10.2 Å². The van der Waals surface area contributed by atoms with E-state index in [4.69, 9.17) is 16.7 Å². The fourth-order valence-corrected chi connectivity index (χ4v) is 1.93. The number of rotatable bonds is 6. The van der Waals surface area contributed by atoms with Crippen LogP contribution in [0.25, 0.3) is 0 Å². The molecule has 1 aliphatic carbocycles. The second-order valence-electron chi connectivity index (χ2n) is 4.57. The Hall–Kier alpha value is -1.75. The molecule has 6 heteroatoms. The molecule has 0 bridgehead atoms. The van der Waals surface area contributed by atoms with Gasteiger partial charge in [-0.15, -0.1) is 0 Å². The molecule has 0 heterocycles. The van der Waals surface area contributed by atoms with Crippen LogP contribution in [0.2, 0.25) is 5.02 Å². The van der Waals surface area contributed by atoms with E-state index in [1.165, 1.54) is 4.90 Å². The van der Waals surface area contributed by atoms with Gasteiger partial charge in [0.15, 0.2) is 0 Å². The van der Waals surface area contributed by atoms with Gasteiger partial charge < -0.3 is 15.3 Å². The molecule has 0 atom stereocenters. The van der Waals surface area contributed by atoms with Gasteiger partial charge in [-0.1, -0.05) is 17.7 Å². The Bertz CT molecular complexity index is 489. The highest BCUT2D eigenvalue weighted by atomic mass is 35.5. The van der Waals surface area contributed by atoms with E-state index in [2.05, 4.69) is 5.32 Å². The quantitative estimate of drug-likeness (QED) is 0.830. The van der Waals surface area contributed by atoms with Crippen molar-refractivity contribution in [1.82, 2.24) is 5.32 Å². The van der Waals surface area contributed by atoms with Gasteiger partial charge in [0.05, 0.1) is 6.54 Å². The summed E-state index contributed by atoms with van der Waals surface area (Å²) in [6, 6.07) is 7.08. The Balaban J connectivity index is 2.05. The van der Waals surface area contributed by atoms with E-state index in [9.17, 15) is 9.59 Å². The molecule has 102 valence electrons. The Morgan fingerprint density at radius 1 is 1.37 bits per heavy atom. The second kappa shape index (κ2) is 5.93. The summed E-state index contributed by atoms with van der Waals surface area (Å²) in [5, 5.41) is 12.3. The average Bonchev–Trinajstić information content (AvgIpc) is 3.11. The first-order chi connectivity index (χ1) is 9.04. The van der Waals surface area contributed by atoms with Crippen molar-refractivity contribution in [1.29, 1.82) is 0 Å². The second-order valence-corrected chi connectivity index (χ2v) is 5.01. The molecule has 5 nitrogen and oxygen atoms in total. The molecule has 2 rings (SSSR count). The van der Waals surface area contributed by atoms with Crippen LogP contribution in [-0.4, -0.2) is 36.1 Å². The first-order valence-corrected chi connectivity index (χ1v) is 6.44. The van der Waals surface area contributed by atoms with Gasteiger partial charge in [0.2, 0.25) is 5.91 Å². The lowest BCUT2D eigenvalue weighted by molar-refractivity contribution is -0.135. The first kappa shape index (κ1) is 13.7.